The third kappa shape index (κ3) is 4.29. The van der Waals surface area contributed by atoms with E-state index in [-0.39, 0.29) is 11.9 Å². The maximum atomic E-state index is 13.3. The van der Waals surface area contributed by atoms with E-state index in [2.05, 4.69) is 24.1 Å². The molecule has 0 aliphatic carbocycles. The summed E-state index contributed by atoms with van der Waals surface area (Å²) in [6.07, 6.45) is 3.58. The van der Waals surface area contributed by atoms with E-state index in [1.165, 1.54) is 32.0 Å². The molecule has 1 aromatic carbocycles. The Balaban J connectivity index is 1.86. The number of hydrogen-bond donors (Lipinski definition) is 1. The largest absolute Gasteiger partial charge is 0.313 e. The second-order valence-corrected chi connectivity index (χ2v) is 6.69. The zero-order valence-electron chi connectivity index (χ0n) is 13.0. The van der Waals surface area contributed by atoms with Crippen LogP contribution in [0.15, 0.2) is 24.3 Å². The van der Waals surface area contributed by atoms with E-state index in [4.69, 9.17) is 0 Å². The van der Waals surface area contributed by atoms with Crippen LogP contribution in [0, 0.1) is 11.2 Å². The fourth-order valence-corrected chi connectivity index (χ4v) is 2.89. The van der Waals surface area contributed by atoms with Crippen LogP contribution in [0.1, 0.15) is 44.7 Å². The number of halogens is 1. The molecule has 1 aliphatic rings. The van der Waals surface area contributed by atoms with Gasteiger partial charge in [-0.15, -0.1) is 0 Å². The first-order valence-electron chi connectivity index (χ1n) is 7.65. The van der Waals surface area contributed by atoms with Gasteiger partial charge >= 0.3 is 0 Å². The molecule has 1 heterocycles. The van der Waals surface area contributed by atoms with Crippen molar-refractivity contribution < 1.29 is 4.39 Å². The smallest absolute Gasteiger partial charge is 0.123 e. The van der Waals surface area contributed by atoms with Gasteiger partial charge in [0, 0.05) is 6.04 Å². The maximum Gasteiger partial charge on any atom is 0.123 e. The van der Waals surface area contributed by atoms with Crippen LogP contribution in [-0.2, 0) is 0 Å². The highest BCUT2D eigenvalue weighted by molar-refractivity contribution is 5.20. The molecule has 1 aromatic rings. The number of rotatable bonds is 5. The van der Waals surface area contributed by atoms with Crippen LogP contribution < -0.4 is 5.32 Å². The highest BCUT2D eigenvalue weighted by atomic mass is 19.1. The van der Waals surface area contributed by atoms with E-state index >= 15 is 0 Å². The molecule has 2 nitrogen and oxygen atoms in total. The van der Waals surface area contributed by atoms with Crippen molar-refractivity contribution >= 4 is 0 Å². The first kappa shape index (κ1) is 15.5. The van der Waals surface area contributed by atoms with Gasteiger partial charge in [0.1, 0.15) is 5.82 Å². The predicted molar refractivity (Wildman–Crippen MR) is 82.3 cm³/mol. The van der Waals surface area contributed by atoms with Crippen LogP contribution >= 0.6 is 0 Å². The molecular formula is C17H27FN2. The van der Waals surface area contributed by atoms with E-state index in [0.717, 1.165) is 18.5 Å². The third-order valence-electron chi connectivity index (χ3n) is 4.54. The third-order valence-corrected chi connectivity index (χ3v) is 4.54. The molecule has 1 saturated heterocycles. The molecule has 20 heavy (non-hydrogen) atoms. The summed E-state index contributed by atoms with van der Waals surface area (Å²) in [5.41, 5.74) is 1.55. The maximum absolute atomic E-state index is 13.3. The lowest BCUT2D eigenvalue weighted by Gasteiger charge is -2.37. The first-order chi connectivity index (χ1) is 9.50. The molecule has 0 aromatic heterocycles. The molecule has 1 aliphatic heterocycles. The molecule has 3 heteroatoms. The van der Waals surface area contributed by atoms with Crippen molar-refractivity contribution in [1.82, 2.24) is 10.2 Å². The Hall–Kier alpha value is -0.930. The fraction of sp³-hybridized carbons (Fsp3) is 0.647. The molecule has 1 atom stereocenters. The number of nitrogens with one attached hydrogen (secondary N) is 1. The standard InChI is InChI=1S/C17H27FN2/c1-17(2)8-11-20(12-9-17)10-7-16(19-3)14-5-4-6-15(18)13-14/h4-6,13,16,19H,7-12H2,1-3H3. The highest BCUT2D eigenvalue weighted by Gasteiger charge is 2.25. The van der Waals surface area contributed by atoms with Gasteiger partial charge in [-0.05, 0) is 69.1 Å². The first-order valence-corrected chi connectivity index (χ1v) is 7.65. The summed E-state index contributed by atoms with van der Waals surface area (Å²) >= 11 is 0. The number of nitrogens with zero attached hydrogens (tertiary/aromatic N) is 1. The second-order valence-electron chi connectivity index (χ2n) is 6.69. The number of piperidine rings is 1. The van der Waals surface area contributed by atoms with Gasteiger partial charge in [0.15, 0.2) is 0 Å². The summed E-state index contributed by atoms with van der Waals surface area (Å²) in [5, 5.41) is 3.31. The lowest BCUT2D eigenvalue weighted by Crippen LogP contribution is -2.38. The van der Waals surface area contributed by atoms with Gasteiger partial charge in [-0.2, -0.15) is 0 Å². The fourth-order valence-electron chi connectivity index (χ4n) is 2.89. The highest BCUT2D eigenvalue weighted by Crippen LogP contribution is 2.30. The summed E-state index contributed by atoms with van der Waals surface area (Å²) in [5.74, 6) is -0.150. The second kappa shape index (κ2) is 6.68. The monoisotopic (exact) mass is 278 g/mol. The van der Waals surface area contributed by atoms with Crippen molar-refractivity contribution in [2.75, 3.05) is 26.7 Å². The van der Waals surface area contributed by atoms with Crippen molar-refractivity contribution in [3.05, 3.63) is 35.6 Å². The zero-order valence-corrected chi connectivity index (χ0v) is 13.0. The SMILES string of the molecule is CNC(CCN1CCC(C)(C)CC1)c1cccc(F)c1. The average molecular weight is 278 g/mol. The summed E-state index contributed by atoms with van der Waals surface area (Å²) in [4.78, 5) is 2.54. The topological polar surface area (TPSA) is 15.3 Å². The van der Waals surface area contributed by atoms with Crippen LogP contribution in [0.2, 0.25) is 0 Å². The van der Waals surface area contributed by atoms with Crippen LogP contribution in [0.4, 0.5) is 4.39 Å². The van der Waals surface area contributed by atoms with Gasteiger partial charge in [-0.3, -0.25) is 0 Å². The number of hydrogen-bond acceptors (Lipinski definition) is 2. The molecule has 0 bridgehead atoms. The van der Waals surface area contributed by atoms with Crippen LogP contribution in [0.5, 0.6) is 0 Å². The Morgan fingerprint density at radius 1 is 1.30 bits per heavy atom. The zero-order chi connectivity index (χ0) is 14.6. The Labute approximate surface area is 122 Å². The minimum absolute atomic E-state index is 0.150. The van der Waals surface area contributed by atoms with Crippen LogP contribution in [0.3, 0.4) is 0 Å². The lowest BCUT2D eigenvalue weighted by molar-refractivity contribution is 0.128. The van der Waals surface area contributed by atoms with Gasteiger partial charge in [-0.1, -0.05) is 26.0 Å². The van der Waals surface area contributed by atoms with Crippen LogP contribution in [0.25, 0.3) is 0 Å². The van der Waals surface area contributed by atoms with Crippen molar-refractivity contribution in [2.24, 2.45) is 5.41 Å². The quantitative estimate of drug-likeness (QED) is 0.885. The number of likely N-dealkylation sites (tertiary alicyclic amines) is 1. The molecule has 1 fully saturated rings. The Bertz CT molecular complexity index is 421. The minimum Gasteiger partial charge on any atom is -0.313 e. The summed E-state index contributed by atoms with van der Waals surface area (Å²) in [7, 11) is 1.95. The average Bonchev–Trinajstić information content (AvgIpc) is 2.41. The molecular weight excluding hydrogens is 251 g/mol. The number of benzene rings is 1. The molecule has 1 unspecified atom stereocenters. The normalized spacial score (nSPS) is 20.8. The molecule has 0 saturated carbocycles. The van der Waals surface area contributed by atoms with E-state index < -0.39 is 0 Å². The van der Waals surface area contributed by atoms with Gasteiger partial charge < -0.3 is 10.2 Å². The Kier molecular flexibility index (Phi) is 5.17. The van der Waals surface area contributed by atoms with Gasteiger partial charge in [0.25, 0.3) is 0 Å². The van der Waals surface area contributed by atoms with Crippen molar-refractivity contribution in [3.8, 4) is 0 Å². The van der Waals surface area contributed by atoms with E-state index in [9.17, 15) is 4.39 Å². The van der Waals surface area contributed by atoms with Gasteiger partial charge in [0.05, 0.1) is 0 Å². The Morgan fingerprint density at radius 3 is 2.60 bits per heavy atom. The van der Waals surface area contributed by atoms with Crippen molar-refractivity contribution in [1.29, 1.82) is 0 Å². The minimum atomic E-state index is -0.150. The Morgan fingerprint density at radius 2 is 2.00 bits per heavy atom. The van der Waals surface area contributed by atoms with Crippen LogP contribution in [-0.4, -0.2) is 31.6 Å². The summed E-state index contributed by atoms with van der Waals surface area (Å²) in [6, 6.07) is 7.17. The van der Waals surface area contributed by atoms with Gasteiger partial charge in [-0.25, -0.2) is 4.39 Å². The molecule has 2 rings (SSSR count). The molecule has 0 radical (unpaired) electrons. The molecule has 1 N–H and O–H groups in total. The van der Waals surface area contributed by atoms with Gasteiger partial charge in [0.2, 0.25) is 0 Å². The van der Waals surface area contributed by atoms with E-state index in [0.29, 0.717) is 5.41 Å². The summed E-state index contributed by atoms with van der Waals surface area (Å²) < 4.78 is 13.3. The molecule has 112 valence electrons. The molecule has 0 spiro atoms. The van der Waals surface area contributed by atoms with E-state index in [1.807, 2.05) is 13.1 Å². The predicted octanol–water partition coefficient (Wildman–Crippen LogP) is 3.60. The van der Waals surface area contributed by atoms with Crippen molar-refractivity contribution in [3.63, 3.8) is 0 Å². The summed E-state index contributed by atoms with van der Waals surface area (Å²) in [6.45, 7) is 8.16. The van der Waals surface area contributed by atoms with Crippen molar-refractivity contribution in [2.45, 2.75) is 39.2 Å². The van der Waals surface area contributed by atoms with E-state index in [1.54, 1.807) is 12.1 Å². The lowest BCUT2D eigenvalue weighted by atomic mass is 9.82. The molecule has 0 amide bonds.